The number of nitrogens with one attached hydrogen (secondary N) is 2. The van der Waals surface area contributed by atoms with E-state index in [4.69, 9.17) is 23.8 Å². The predicted molar refractivity (Wildman–Crippen MR) is 136 cm³/mol. The van der Waals surface area contributed by atoms with Crippen LogP contribution in [0.15, 0.2) is 71.2 Å². The van der Waals surface area contributed by atoms with Crippen LogP contribution in [-0.2, 0) is 9.59 Å². The van der Waals surface area contributed by atoms with Crippen molar-refractivity contribution in [3.05, 3.63) is 87.3 Å². The highest BCUT2D eigenvalue weighted by molar-refractivity contribution is 8.26. The first-order valence-electron chi connectivity index (χ1n) is 10.2. The van der Waals surface area contributed by atoms with Crippen LogP contribution in [0.3, 0.4) is 0 Å². The predicted octanol–water partition coefficient (Wildman–Crippen LogP) is 4.73. The second-order valence-corrected chi connectivity index (χ2v) is 9.30. The summed E-state index contributed by atoms with van der Waals surface area (Å²) >= 11 is 12.6. The summed E-state index contributed by atoms with van der Waals surface area (Å²) in [5.41, 5.74) is 6.95. The highest BCUT2D eigenvalue weighted by Crippen LogP contribution is 2.32. The zero-order chi connectivity index (χ0) is 23.8. The van der Waals surface area contributed by atoms with Gasteiger partial charge in [0, 0.05) is 13.0 Å². The summed E-state index contributed by atoms with van der Waals surface area (Å²) in [6.07, 6.45) is 4.33. The SMILES string of the molecule is CC(=Cc1ccccc1)C=C1SC(=S)N(CCCC(=O)NNC(=O)c2ccccc2Cl)C1=O. The van der Waals surface area contributed by atoms with Gasteiger partial charge in [0.05, 0.1) is 15.5 Å². The first-order chi connectivity index (χ1) is 15.8. The number of allylic oxidation sites excluding steroid dienone is 2. The Morgan fingerprint density at radius 3 is 2.52 bits per heavy atom. The van der Waals surface area contributed by atoms with Crippen molar-refractivity contribution in [1.82, 2.24) is 15.8 Å². The molecule has 0 atom stereocenters. The van der Waals surface area contributed by atoms with Crippen LogP contribution in [0.1, 0.15) is 35.7 Å². The van der Waals surface area contributed by atoms with Crippen LogP contribution in [-0.4, -0.2) is 33.5 Å². The van der Waals surface area contributed by atoms with Crippen molar-refractivity contribution in [2.24, 2.45) is 0 Å². The van der Waals surface area contributed by atoms with Crippen molar-refractivity contribution < 1.29 is 14.4 Å². The van der Waals surface area contributed by atoms with E-state index in [0.717, 1.165) is 11.1 Å². The lowest BCUT2D eigenvalue weighted by atomic mass is 10.1. The molecule has 1 aliphatic rings. The fourth-order valence-electron chi connectivity index (χ4n) is 3.05. The topological polar surface area (TPSA) is 78.5 Å². The van der Waals surface area contributed by atoms with E-state index < -0.39 is 5.91 Å². The number of hydrazine groups is 1. The van der Waals surface area contributed by atoms with Crippen LogP contribution in [0.4, 0.5) is 0 Å². The van der Waals surface area contributed by atoms with E-state index in [0.29, 0.717) is 27.2 Å². The first kappa shape index (κ1) is 24.7. The van der Waals surface area contributed by atoms with E-state index in [1.807, 2.05) is 49.4 Å². The van der Waals surface area contributed by atoms with Crippen LogP contribution >= 0.6 is 35.6 Å². The average molecular weight is 500 g/mol. The minimum absolute atomic E-state index is 0.117. The Bertz CT molecular complexity index is 1130. The number of nitrogens with zero attached hydrogens (tertiary/aromatic N) is 1. The Balaban J connectivity index is 1.47. The molecule has 0 bridgehead atoms. The quantitative estimate of drug-likeness (QED) is 0.327. The number of carbonyl (C=O) groups is 3. The van der Waals surface area contributed by atoms with E-state index in [-0.39, 0.29) is 23.8 Å². The van der Waals surface area contributed by atoms with Crippen molar-refractivity contribution in [3.63, 3.8) is 0 Å². The highest BCUT2D eigenvalue weighted by atomic mass is 35.5. The summed E-state index contributed by atoms with van der Waals surface area (Å²) in [6.45, 7) is 2.25. The van der Waals surface area contributed by atoms with Crippen LogP contribution in [0.25, 0.3) is 6.08 Å². The Labute approximate surface area is 207 Å². The molecule has 9 heteroatoms. The Kier molecular flexibility index (Phi) is 8.82. The van der Waals surface area contributed by atoms with Crippen LogP contribution in [0.2, 0.25) is 5.02 Å². The minimum atomic E-state index is -0.505. The number of halogens is 1. The van der Waals surface area contributed by atoms with Crippen molar-refractivity contribution >= 4 is 63.7 Å². The molecular weight excluding hydrogens is 478 g/mol. The lowest BCUT2D eigenvalue weighted by Crippen LogP contribution is -2.42. The van der Waals surface area contributed by atoms with Gasteiger partial charge in [0.25, 0.3) is 11.8 Å². The molecule has 0 radical (unpaired) electrons. The van der Waals surface area contributed by atoms with E-state index in [1.165, 1.54) is 16.7 Å². The van der Waals surface area contributed by atoms with Gasteiger partial charge >= 0.3 is 0 Å². The molecule has 2 N–H and O–H groups in total. The fourth-order valence-corrected chi connectivity index (χ4v) is 4.63. The molecule has 1 aliphatic heterocycles. The zero-order valence-electron chi connectivity index (χ0n) is 17.8. The molecule has 3 amide bonds. The molecule has 170 valence electrons. The molecule has 1 saturated heterocycles. The Morgan fingerprint density at radius 1 is 1.09 bits per heavy atom. The van der Waals surface area contributed by atoms with E-state index in [1.54, 1.807) is 24.3 Å². The van der Waals surface area contributed by atoms with E-state index >= 15 is 0 Å². The molecule has 6 nitrogen and oxygen atoms in total. The van der Waals surface area contributed by atoms with Crippen molar-refractivity contribution in [3.8, 4) is 0 Å². The van der Waals surface area contributed by atoms with E-state index in [9.17, 15) is 14.4 Å². The molecular formula is C24H22ClN3O3S2. The zero-order valence-corrected chi connectivity index (χ0v) is 20.2. The maximum atomic E-state index is 12.7. The van der Waals surface area contributed by atoms with Gasteiger partial charge in [0.2, 0.25) is 5.91 Å². The molecule has 0 spiro atoms. The van der Waals surface area contributed by atoms with Gasteiger partial charge in [0.1, 0.15) is 4.32 Å². The van der Waals surface area contributed by atoms with Gasteiger partial charge in [-0.15, -0.1) is 0 Å². The fraction of sp³-hybridized carbons (Fsp3) is 0.167. The number of thiocarbonyl (C=S) groups is 1. The molecule has 33 heavy (non-hydrogen) atoms. The summed E-state index contributed by atoms with van der Waals surface area (Å²) in [4.78, 5) is 38.9. The second kappa shape index (κ2) is 11.8. The molecule has 0 aromatic heterocycles. The normalized spacial score (nSPS) is 15.2. The third-order valence-corrected chi connectivity index (χ3v) is 6.35. The van der Waals surface area contributed by atoms with E-state index in [2.05, 4.69) is 10.9 Å². The lowest BCUT2D eigenvalue weighted by molar-refractivity contribution is -0.124. The van der Waals surface area contributed by atoms with Crippen LogP contribution in [0.5, 0.6) is 0 Å². The van der Waals surface area contributed by atoms with Gasteiger partial charge in [0.15, 0.2) is 0 Å². The number of hydrogen-bond donors (Lipinski definition) is 2. The summed E-state index contributed by atoms with van der Waals surface area (Å²) in [6, 6.07) is 16.4. The molecule has 0 aliphatic carbocycles. The molecule has 0 saturated carbocycles. The third kappa shape index (κ3) is 7.02. The minimum Gasteiger partial charge on any atom is -0.293 e. The molecule has 0 unspecified atom stereocenters. The Morgan fingerprint density at radius 2 is 1.79 bits per heavy atom. The molecule has 1 fully saturated rings. The molecule has 2 aromatic rings. The number of thioether (sulfide) groups is 1. The van der Waals surface area contributed by atoms with Crippen molar-refractivity contribution in [2.45, 2.75) is 19.8 Å². The van der Waals surface area contributed by atoms with Crippen LogP contribution in [0, 0.1) is 0 Å². The first-order valence-corrected chi connectivity index (χ1v) is 11.8. The molecule has 1 heterocycles. The highest BCUT2D eigenvalue weighted by Gasteiger charge is 2.31. The van der Waals surface area contributed by atoms with Gasteiger partial charge in [-0.3, -0.25) is 30.1 Å². The van der Waals surface area contributed by atoms with Crippen LogP contribution < -0.4 is 10.9 Å². The largest absolute Gasteiger partial charge is 0.293 e. The number of rotatable bonds is 7. The second-order valence-electron chi connectivity index (χ2n) is 7.22. The maximum absolute atomic E-state index is 12.7. The van der Waals surface area contributed by atoms with Gasteiger partial charge in [-0.1, -0.05) is 84.1 Å². The smallest absolute Gasteiger partial charge is 0.271 e. The van der Waals surface area contributed by atoms with Gasteiger partial charge in [-0.2, -0.15) is 0 Å². The summed E-state index contributed by atoms with van der Waals surface area (Å²) < 4.78 is 0.464. The van der Waals surface area contributed by atoms with Gasteiger partial charge < -0.3 is 0 Å². The number of amides is 3. The Hall–Kier alpha value is -2.94. The third-order valence-electron chi connectivity index (χ3n) is 4.65. The van der Waals surface area contributed by atoms with Crippen molar-refractivity contribution in [1.29, 1.82) is 0 Å². The average Bonchev–Trinajstić information content (AvgIpc) is 3.05. The maximum Gasteiger partial charge on any atom is 0.271 e. The molecule has 2 aromatic carbocycles. The van der Waals surface area contributed by atoms with Gasteiger partial charge in [-0.25, -0.2) is 0 Å². The standard InChI is InChI=1S/C24H22ClN3O3S2/c1-16(14-17-8-3-2-4-9-17)15-20-23(31)28(24(32)33-20)13-7-12-21(29)26-27-22(30)18-10-5-6-11-19(18)25/h2-6,8-11,14-15H,7,12-13H2,1H3,(H,26,29)(H,27,30). The number of carbonyl (C=O) groups excluding carboxylic acids is 3. The van der Waals surface area contributed by atoms with Gasteiger partial charge in [-0.05, 0) is 42.7 Å². The summed E-state index contributed by atoms with van der Waals surface area (Å²) in [7, 11) is 0. The lowest BCUT2D eigenvalue weighted by Gasteiger charge is -2.14. The summed E-state index contributed by atoms with van der Waals surface area (Å²) in [5.74, 6) is -1.05. The molecule has 3 rings (SSSR count). The monoisotopic (exact) mass is 499 g/mol. The van der Waals surface area contributed by atoms with Crippen molar-refractivity contribution in [2.75, 3.05) is 6.54 Å². The number of hydrogen-bond acceptors (Lipinski definition) is 5. The summed E-state index contributed by atoms with van der Waals surface area (Å²) in [5, 5.41) is 0.292. The number of benzene rings is 2.